The summed E-state index contributed by atoms with van der Waals surface area (Å²) in [7, 11) is -4.99. The third kappa shape index (κ3) is 30.0. The van der Waals surface area contributed by atoms with E-state index in [1.54, 1.807) is 0 Å². The lowest BCUT2D eigenvalue weighted by Gasteiger charge is -2.42. The van der Waals surface area contributed by atoms with Gasteiger partial charge in [-0.15, -0.1) is 0 Å². The number of aliphatic hydroxyl groups is 9. The van der Waals surface area contributed by atoms with Crippen molar-refractivity contribution in [2.24, 2.45) is 0 Å². The van der Waals surface area contributed by atoms with Crippen molar-refractivity contribution in [2.75, 3.05) is 145 Å². The number of amides is 8. The van der Waals surface area contributed by atoms with Crippen molar-refractivity contribution in [1.82, 2.24) is 46.6 Å². The summed E-state index contributed by atoms with van der Waals surface area (Å²) in [6, 6.07) is -3.54. The van der Waals surface area contributed by atoms with Crippen molar-refractivity contribution in [1.29, 1.82) is 0 Å². The minimum Gasteiger partial charge on any atom is -0.756 e. The number of nitrogens with one attached hydrogen (secondary N) is 6. The van der Waals surface area contributed by atoms with Crippen LogP contribution in [0.25, 0.3) is 0 Å². The number of phosphoric ester groups is 1. The second kappa shape index (κ2) is 43.5. The van der Waals surface area contributed by atoms with Crippen LogP contribution in [0.1, 0.15) is 59.3 Å². The fourth-order valence-corrected chi connectivity index (χ4v) is 11.0. The third-order valence-corrected chi connectivity index (χ3v) is 15.7. The summed E-state index contributed by atoms with van der Waals surface area (Å²) in [4.78, 5) is 127. The number of carbonyl (C=O) groups excluding carboxylic acids is 8. The molecule has 39 nitrogen and oxygen atoms in total. The van der Waals surface area contributed by atoms with Crippen molar-refractivity contribution >= 4 is 55.1 Å². The predicted octanol–water partition coefficient (Wildman–Crippen LogP) is -10.6. The second-order valence-electron chi connectivity index (χ2n) is 22.7. The van der Waals surface area contributed by atoms with Crippen LogP contribution in [0, 0.1) is 0 Å². The van der Waals surface area contributed by atoms with E-state index in [2.05, 4.69) is 36.4 Å². The number of ether oxygens (including phenoxy) is 9. The lowest BCUT2D eigenvalue weighted by Crippen LogP contribution is -2.64. The van der Waals surface area contributed by atoms with Gasteiger partial charge >= 0.3 is 0 Å². The number of piperidine rings is 1. The molecule has 4 aliphatic rings. The van der Waals surface area contributed by atoms with E-state index >= 15 is 0 Å². The van der Waals surface area contributed by atoms with Gasteiger partial charge in [-0.3, -0.25) is 47.8 Å². The molecule has 16 N–H and O–H groups in total. The summed E-state index contributed by atoms with van der Waals surface area (Å²) in [6.07, 6.45) is -17.2. The largest absolute Gasteiger partial charge is 0.756 e. The first-order valence-electron chi connectivity index (χ1n) is 31.2. The molecule has 16 unspecified atom stereocenters. The molecule has 0 aliphatic carbocycles. The molecule has 4 rings (SSSR count). The molecular weight excluding hydrogens is 1300 g/mol. The van der Waals surface area contributed by atoms with E-state index < -0.39 is 174 Å². The molecule has 0 bridgehead atoms. The van der Waals surface area contributed by atoms with Crippen LogP contribution in [0.2, 0.25) is 0 Å². The summed E-state index contributed by atoms with van der Waals surface area (Å²) in [5.41, 5.74) is 0. The highest BCUT2D eigenvalue weighted by Crippen LogP contribution is 2.35. The van der Waals surface area contributed by atoms with Crippen LogP contribution >= 0.6 is 7.82 Å². The number of likely N-dealkylation sites (tertiary alicyclic amines) is 1. The Hall–Kier alpha value is -4.89. The zero-order valence-electron chi connectivity index (χ0n) is 53.5. The van der Waals surface area contributed by atoms with Gasteiger partial charge in [0, 0.05) is 79.4 Å². The predicted molar refractivity (Wildman–Crippen MR) is 317 cm³/mol. The molecule has 4 fully saturated rings. The second-order valence-corrected chi connectivity index (χ2v) is 23.8. The van der Waals surface area contributed by atoms with E-state index in [9.17, 15) is 93.8 Å². The molecule has 0 radical (unpaired) electrons. The first-order valence-corrected chi connectivity index (χ1v) is 32.7. The number of hydrogen-bond donors (Lipinski definition) is 16. The van der Waals surface area contributed by atoms with E-state index in [1.807, 2.05) is 0 Å². The van der Waals surface area contributed by atoms with Gasteiger partial charge in [-0.1, -0.05) is 0 Å². The monoisotopic (exact) mass is 1390 g/mol. The van der Waals surface area contributed by atoms with Crippen molar-refractivity contribution in [2.45, 2.75) is 157 Å². The molecule has 4 saturated heterocycles. The van der Waals surface area contributed by atoms with Gasteiger partial charge in [0.05, 0.1) is 105 Å². The van der Waals surface area contributed by atoms with Crippen LogP contribution in [-0.2, 0) is 90.1 Å². The molecular formula is C55H97N9O30P-. The molecule has 40 heteroatoms. The molecule has 0 saturated carbocycles. The summed E-state index contributed by atoms with van der Waals surface area (Å²) < 4.78 is 66.1. The smallest absolute Gasteiger partial charge is 0.265 e. The van der Waals surface area contributed by atoms with Crippen molar-refractivity contribution < 1.29 is 146 Å². The van der Waals surface area contributed by atoms with Crippen LogP contribution in [-0.4, -0.2) is 356 Å². The molecule has 4 heterocycles. The molecule has 8 amide bonds. The zero-order valence-corrected chi connectivity index (χ0v) is 54.4. The highest BCUT2D eigenvalue weighted by molar-refractivity contribution is 7.44. The molecule has 0 spiro atoms. The maximum atomic E-state index is 13.9. The van der Waals surface area contributed by atoms with Gasteiger partial charge < -0.3 is 145 Å². The highest BCUT2D eigenvalue weighted by atomic mass is 31.2. The fourth-order valence-electron chi connectivity index (χ4n) is 10.4. The maximum absolute atomic E-state index is 13.9. The average molecular weight is 1400 g/mol. The van der Waals surface area contributed by atoms with Crippen molar-refractivity contribution in [3.05, 3.63) is 0 Å². The minimum atomic E-state index is -4.99. The Morgan fingerprint density at radius 3 is 1.23 bits per heavy atom. The Bertz CT molecular complexity index is 2330. The number of aliphatic hydroxyl groups excluding tert-OH is 9. The SMILES string of the molecule is CC(=O)NC1C(OCCOCCNC(=O)CN(CCCN(CC(=O)NCCOCCOC2OC(CO)C(O)C(O)C2NC(C)=O)C(=O)CCCC(=O)N2CCC(OP(=O)([O-])O)CC2)CC(=O)NCCOCCOC2OC(CO)C(O)C(O)C2NC(C)=O)OC(CO)C(O)C1O. The fraction of sp³-hybridized carbons (Fsp3) is 0.855. The molecule has 16 atom stereocenters. The normalized spacial score (nSPS) is 27.8. The first-order chi connectivity index (χ1) is 45.2. The van der Waals surface area contributed by atoms with Gasteiger partial charge in [0.15, 0.2) is 18.9 Å². The topological polar surface area (TPSA) is 553 Å². The minimum absolute atomic E-state index is 0.00508. The lowest BCUT2D eigenvalue weighted by atomic mass is 9.97. The Morgan fingerprint density at radius 1 is 0.516 bits per heavy atom. The van der Waals surface area contributed by atoms with Crippen LogP contribution in [0.4, 0.5) is 0 Å². The number of carbonyl (C=O) groups is 8. The van der Waals surface area contributed by atoms with Crippen LogP contribution < -0.4 is 36.8 Å². The van der Waals surface area contributed by atoms with E-state index in [1.165, 1.54) is 35.5 Å². The quantitative estimate of drug-likeness (QED) is 0.0199. The van der Waals surface area contributed by atoms with Gasteiger partial charge in [0.25, 0.3) is 7.82 Å². The number of rotatable bonds is 43. The Labute approximate surface area is 548 Å². The van der Waals surface area contributed by atoms with Crippen molar-refractivity contribution in [3.8, 4) is 0 Å². The molecule has 0 aromatic carbocycles. The van der Waals surface area contributed by atoms with Gasteiger partial charge in [0.1, 0.15) is 73.1 Å². The van der Waals surface area contributed by atoms with E-state index in [0.717, 1.165) is 0 Å². The standard InChI is InChI=1S/C55H98N9O30P/c1-32(68)59-44-50(79)47(76)36(29-65)91-53(44)88-23-20-85-17-10-56-39(71)26-62(27-40(72)57-11-18-86-21-24-89-54-45(60-33(2)69)51(80)48(77)37(30-66)92-54)13-5-14-64(43(75)7-4-6-42(74)63-15-8-35(9-16-63)94-95(82,83)84)28-41(73)58-12-19-87-22-25-90-55-46(61-34(3)70)52(81)49(78)38(31-67)93-55/h35-38,44-55,65-67,76-81H,4-31H2,1-3H3,(H,56,71)(H,57,72)(H,58,73)(H,59,68)(H,60,69)(H,61,70)(H2,82,83,84)/p-1. The van der Waals surface area contributed by atoms with Gasteiger partial charge in [0.2, 0.25) is 47.3 Å². The molecule has 548 valence electrons. The first kappa shape index (κ1) is 82.5. The molecule has 0 aromatic rings. The lowest BCUT2D eigenvalue weighted by molar-refractivity contribution is -0.272. The van der Waals surface area contributed by atoms with E-state index in [0.29, 0.717) is 0 Å². The van der Waals surface area contributed by atoms with Gasteiger partial charge in [-0.25, -0.2) is 0 Å². The number of hydrogen-bond acceptors (Lipinski definition) is 30. The molecule has 4 aliphatic heterocycles. The van der Waals surface area contributed by atoms with E-state index in [-0.39, 0.29) is 163 Å². The van der Waals surface area contributed by atoms with Gasteiger partial charge in [-0.05, 0) is 25.7 Å². The summed E-state index contributed by atoms with van der Waals surface area (Å²) in [5, 5.41) is 107. The summed E-state index contributed by atoms with van der Waals surface area (Å²) >= 11 is 0. The Balaban J connectivity index is 1.35. The van der Waals surface area contributed by atoms with E-state index in [4.69, 9.17) is 47.5 Å². The zero-order chi connectivity index (χ0) is 70.2. The van der Waals surface area contributed by atoms with Gasteiger partial charge in [-0.2, -0.15) is 0 Å². The number of nitrogens with zero attached hydrogens (tertiary/aromatic N) is 3. The molecule has 95 heavy (non-hydrogen) atoms. The molecule has 0 aromatic heterocycles. The summed E-state index contributed by atoms with van der Waals surface area (Å²) in [5.74, 6) is -4.22. The van der Waals surface area contributed by atoms with Crippen molar-refractivity contribution in [3.63, 3.8) is 0 Å². The van der Waals surface area contributed by atoms with Crippen LogP contribution in [0.3, 0.4) is 0 Å². The average Bonchev–Trinajstić information content (AvgIpc) is 0.882. The highest BCUT2D eigenvalue weighted by Gasteiger charge is 2.48. The Morgan fingerprint density at radius 2 is 0.884 bits per heavy atom. The summed E-state index contributed by atoms with van der Waals surface area (Å²) in [6.45, 7) is -0.346. The van der Waals surface area contributed by atoms with Crippen LogP contribution in [0.15, 0.2) is 0 Å². The maximum Gasteiger partial charge on any atom is 0.265 e. The Kier molecular flexibility index (Phi) is 37.8. The third-order valence-electron chi connectivity index (χ3n) is 15.2. The number of phosphoric acid groups is 1. The van der Waals surface area contributed by atoms with Crippen LogP contribution in [0.5, 0.6) is 0 Å².